The summed E-state index contributed by atoms with van der Waals surface area (Å²) in [6.45, 7) is 3.78. The van der Waals surface area contributed by atoms with Crippen molar-refractivity contribution in [3.8, 4) is 0 Å². The van der Waals surface area contributed by atoms with Gasteiger partial charge in [0.15, 0.2) is 0 Å². The van der Waals surface area contributed by atoms with Crippen LogP contribution in [0.1, 0.15) is 43.7 Å². The van der Waals surface area contributed by atoms with Crippen molar-refractivity contribution >= 4 is 16.7 Å². The van der Waals surface area contributed by atoms with Crippen LogP contribution in [-0.4, -0.2) is 21.4 Å². The van der Waals surface area contributed by atoms with Crippen LogP contribution in [0.2, 0.25) is 0 Å². The summed E-state index contributed by atoms with van der Waals surface area (Å²) >= 11 is 0. The third-order valence-electron chi connectivity index (χ3n) is 3.86. The van der Waals surface area contributed by atoms with Crippen LogP contribution in [0.25, 0.3) is 0 Å². The molecule has 1 N–H and O–H groups in total. The largest absolute Gasteiger partial charge is 0.352 e. The van der Waals surface area contributed by atoms with Crippen LogP contribution in [0.4, 0.5) is 0 Å². The maximum absolute atomic E-state index is 12.3. The molecule has 0 saturated heterocycles. The fraction of sp³-hybridized carbons (Fsp3) is 0.562. The van der Waals surface area contributed by atoms with Crippen LogP contribution < -0.4 is 5.32 Å². The molecule has 1 aliphatic rings. The zero-order valence-corrected chi connectivity index (χ0v) is 13.0. The Balaban J connectivity index is 1.89. The van der Waals surface area contributed by atoms with Crippen molar-refractivity contribution in [3.63, 3.8) is 0 Å². The summed E-state index contributed by atoms with van der Waals surface area (Å²) in [7, 11) is -1.17. The monoisotopic (exact) mass is 293 g/mol. The van der Waals surface area contributed by atoms with E-state index in [4.69, 9.17) is 0 Å². The Labute approximate surface area is 123 Å². The van der Waals surface area contributed by atoms with Gasteiger partial charge >= 0.3 is 0 Å². The summed E-state index contributed by atoms with van der Waals surface area (Å²) in [5.41, 5.74) is 2.19. The number of carbonyl (C=O) groups is 1. The van der Waals surface area contributed by atoms with Crippen LogP contribution >= 0.6 is 0 Å². The van der Waals surface area contributed by atoms with Gasteiger partial charge in [0.25, 0.3) is 0 Å². The fourth-order valence-electron chi connectivity index (χ4n) is 2.60. The van der Waals surface area contributed by atoms with Gasteiger partial charge in [0.1, 0.15) is 5.25 Å². The first-order chi connectivity index (χ1) is 9.56. The summed E-state index contributed by atoms with van der Waals surface area (Å²) < 4.78 is 12.3. The Hall–Kier alpha value is -1.16. The molecule has 0 spiro atoms. The highest BCUT2D eigenvalue weighted by Crippen LogP contribution is 2.18. The van der Waals surface area contributed by atoms with Crippen LogP contribution in [0.3, 0.4) is 0 Å². The van der Waals surface area contributed by atoms with Gasteiger partial charge in [-0.1, -0.05) is 42.7 Å². The van der Waals surface area contributed by atoms with Crippen molar-refractivity contribution in [2.24, 2.45) is 0 Å². The first-order valence-corrected chi connectivity index (χ1v) is 8.67. The zero-order chi connectivity index (χ0) is 14.5. The molecule has 1 amide bonds. The quantitative estimate of drug-likeness (QED) is 0.907. The molecule has 1 aromatic carbocycles. The maximum Gasteiger partial charge on any atom is 0.235 e. The van der Waals surface area contributed by atoms with Gasteiger partial charge in [-0.15, -0.1) is 0 Å². The number of hydrogen-bond donors (Lipinski definition) is 1. The molecular weight excluding hydrogens is 270 g/mol. The number of nitrogens with one attached hydrogen (secondary N) is 1. The van der Waals surface area contributed by atoms with Crippen molar-refractivity contribution in [2.75, 3.05) is 0 Å². The summed E-state index contributed by atoms with van der Waals surface area (Å²) in [5.74, 6) is 0.379. The van der Waals surface area contributed by atoms with Gasteiger partial charge < -0.3 is 5.32 Å². The minimum atomic E-state index is -1.17. The highest BCUT2D eigenvalue weighted by molar-refractivity contribution is 7.85. The van der Waals surface area contributed by atoms with Crippen molar-refractivity contribution in [1.82, 2.24) is 5.32 Å². The number of rotatable bonds is 5. The second kappa shape index (κ2) is 7.02. The highest BCUT2D eigenvalue weighted by atomic mass is 32.2. The topological polar surface area (TPSA) is 46.2 Å². The van der Waals surface area contributed by atoms with Crippen molar-refractivity contribution in [3.05, 3.63) is 35.4 Å². The minimum absolute atomic E-state index is 0.0668. The molecule has 0 aromatic heterocycles. The van der Waals surface area contributed by atoms with E-state index in [9.17, 15) is 9.00 Å². The third-order valence-corrected chi connectivity index (χ3v) is 5.48. The number of aryl methyl sites for hydroxylation is 1. The lowest BCUT2D eigenvalue weighted by Crippen LogP contribution is -2.40. The second-order valence-electron chi connectivity index (χ2n) is 5.65. The van der Waals surface area contributed by atoms with Gasteiger partial charge in [0.2, 0.25) is 5.91 Å². The predicted molar refractivity (Wildman–Crippen MR) is 82.9 cm³/mol. The van der Waals surface area contributed by atoms with Gasteiger partial charge in [0, 0.05) is 22.6 Å². The number of carbonyl (C=O) groups excluding carboxylic acids is 1. The molecule has 2 rings (SSSR count). The molecule has 0 aliphatic heterocycles. The fourth-order valence-corrected chi connectivity index (χ4v) is 3.66. The molecule has 0 unspecified atom stereocenters. The summed E-state index contributed by atoms with van der Waals surface area (Å²) in [6.07, 6.45) is 4.49. The molecular formula is C16H23NO2S. The molecule has 0 radical (unpaired) electrons. The Kier molecular flexibility index (Phi) is 5.35. The normalized spacial score (nSPS) is 18.7. The lowest BCUT2D eigenvalue weighted by atomic mass is 10.2. The molecule has 1 fully saturated rings. The van der Waals surface area contributed by atoms with Crippen LogP contribution in [-0.2, 0) is 21.3 Å². The van der Waals surface area contributed by atoms with E-state index in [2.05, 4.69) is 5.32 Å². The minimum Gasteiger partial charge on any atom is -0.352 e. The van der Waals surface area contributed by atoms with E-state index in [1.807, 2.05) is 31.2 Å². The zero-order valence-electron chi connectivity index (χ0n) is 12.2. The van der Waals surface area contributed by atoms with Gasteiger partial charge in [-0.05, 0) is 32.3 Å². The Morgan fingerprint density at radius 1 is 1.40 bits per heavy atom. The van der Waals surface area contributed by atoms with Gasteiger partial charge in [-0.2, -0.15) is 0 Å². The van der Waals surface area contributed by atoms with E-state index >= 15 is 0 Å². The second-order valence-corrected chi connectivity index (χ2v) is 7.40. The first-order valence-electron chi connectivity index (χ1n) is 7.29. The molecule has 1 aromatic rings. The maximum atomic E-state index is 12.3. The number of hydrogen-bond acceptors (Lipinski definition) is 2. The summed E-state index contributed by atoms with van der Waals surface area (Å²) in [5, 5.41) is 2.58. The molecule has 0 bridgehead atoms. The average molecular weight is 293 g/mol. The molecule has 2 atom stereocenters. The first kappa shape index (κ1) is 15.2. The van der Waals surface area contributed by atoms with E-state index in [0.717, 1.165) is 24.0 Å². The van der Waals surface area contributed by atoms with Crippen LogP contribution in [0.5, 0.6) is 0 Å². The number of benzene rings is 1. The van der Waals surface area contributed by atoms with Gasteiger partial charge in [-0.25, -0.2) is 0 Å². The van der Waals surface area contributed by atoms with Crippen molar-refractivity contribution in [1.29, 1.82) is 0 Å². The standard InChI is InChI=1S/C16H23NO2S/c1-12-6-5-7-14(10-12)11-20(19)13(2)16(18)17-15-8-3-4-9-15/h5-7,10,13,15H,3-4,8-9,11H2,1-2H3,(H,17,18)/t13-,20+/m0/s1. The summed E-state index contributed by atoms with van der Waals surface area (Å²) in [6, 6.07) is 8.26. The Bertz CT molecular complexity index is 495. The average Bonchev–Trinajstić information content (AvgIpc) is 2.90. The molecule has 0 heterocycles. The van der Waals surface area contributed by atoms with E-state index in [-0.39, 0.29) is 5.91 Å². The van der Waals surface area contributed by atoms with Gasteiger partial charge in [-0.3, -0.25) is 9.00 Å². The SMILES string of the molecule is Cc1cccc(C[S@@](=O)[C@@H](C)C(=O)NC2CCCC2)c1. The molecule has 1 aliphatic carbocycles. The van der Waals surface area contributed by atoms with Crippen molar-refractivity contribution in [2.45, 2.75) is 56.6 Å². The van der Waals surface area contributed by atoms with E-state index in [1.165, 1.54) is 12.8 Å². The van der Waals surface area contributed by atoms with E-state index < -0.39 is 16.0 Å². The molecule has 3 nitrogen and oxygen atoms in total. The Morgan fingerprint density at radius 2 is 2.10 bits per heavy atom. The Morgan fingerprint density at radius 3 is 2.75 bits per heavy atom. The molecule has 1 saturated carbocycles. The van der Waals surface area contributed by atoms with Crippen LogP contribution in [0.15, 0.2) is 24.3 Å². The van der Waals surface area contributed by atoms with Gasteiger partial charge in [0.05, 0.1) is 0 Å². The lowest BCUT2D eigenvalue weighted by molar-refractivity contribution is -0.121. The lowest BCUT2D eigenvalue weighted by Gasteiger charge is -2.16. The third kappa shape index (κ3) is 4.17. The molecule has 110 valence electrons. The highest BCUT2D eigenvalue weighted by Gasteiger charge is 2.24. The summed E-state index contributed by atoms with van der Waals surface area (Å²) in [4.78, 5) is 12.1. The van der Waals surface area contributed by atoms with E-state index in [0.29, 0.717) is 11.8 Å². The van der Waals surface area contributed by atoms with Crippen LogP contribution in [0, 0.1) is 6.92 Å². The number of amides is 1. The van der Waals surface area contributed by atoms with Crippen molar-refractivity contribution < 1.29 is 9.00 Å². The van der Waals surface area contributed by atoms with E-state index in [1.54, 1.807) is 6.92 Å². The smallest absolute Gasteiger partial charge is 0.235 e. The predicted octanol–water partition coefficient (Wildman–Crippen LogP) is 2.69. The molecule has 20 heavy (non-hydrogen) atoms. The molecule has 4 heteroatoms.